The lowest BCUT2D eigenvalue weighted by molar-refractivity contribution is -0.384. The van der Waals surface area contributed by atoms with Gasteiger partial charge in [-0.15, -0.1) is 0 Å². The molecule has 0 aliphatic carbocycles. The Bertz CT molecular complexity index is 1130. The van der Waals surface area contributed by atoms with Crippen LogP contribution in [0.2, 0.25) is 0 Å². The number of benzene rings is 2. The minimum absolute atomic E-state index is 0.107. The fraction of sp³-hybridized carbons (Fsp3) is 0.333. The summed E-state index contributed by atoms with van der Waals surface area (Å²) in [5, 5.41) is 11.3. The van der Waals surface area contributed by atoms with Crippen molar-refractivity contribution in [1.82, 2.24) is 4.31 Å². The van der Waals surface area contributed by atoms with Crippen molar-refractivity contribution in [3.8, 4) is 0 Å². The number of hydrogen-bond acceptors (Lipinski definition) is 5. The second-order valence-electron chi connectivity index (χ2n) is 6.88. The zero-order valence-corrected chi connectivity index (χ0v) is 16.8. The largest absolute Gasteiger partial charge is 0.416 e. The van der Waals surface area contributed by atoms with Crippen LogP contribution >= 0.6 is 0 Å². The van der Waals surface area contributed by atoms with Gasteiger partial charge in [-0.3, -0.25) is 10.1 Å². The Labute approximate surface area is 178 Å². The van der Waals surface area contributed by atoms with Crippen LogP contribution in [0.15, 0.2) is 47.4 Å². The van der Waals surface area contributed by atoms with Gasteiger partial charge < -0.3 is 4.90 Å². The third-order valence-corrected chi connectivity index (χ3v) is 6.77. The van der Waals surface area contributed by atoms with Gasteiger partial charge in [0.25, 0.3) is 5.69 Å². The molecule has 1 aliphatic heterocycles. The zero-order valence-electron chi connectivity index (χ0n) is 16.0. The number of nitrogens with zero attached hydrogens (tertiary/aromatic N) is 3. The third kappa shape index (κ3) is 4.80. The van der Waals surface area contributed by atoms with Crippen molar-refractivity contribution in [2.45, 2.75) is 17.2 Å². The van der Waals surface area contributed by atoms with Crippen molar-refractivity contribution in [1.29, 1.82) is 0 Å². The van der Waals surface area contributed by atoms with Crippen molar-refractivity contribution < 1.29 is 39.7 Å². The highest BCUT2D eigenvalue weighted by Crippen LogP contribution is 2.37. The molecule has 0 unspecified atom stereocenters. The summed E-state index contributed by atoms with van der Waals surface area (Å²) in [4.78, 5) is 11.1. The summed E-state index contributed by atoms with van der Waals surface area (Å²) in [5.41, 5.74) is -3.22. The van der Waals surface area contributed by atoms with E-state index < -0.39 is 49.0 Å². The second kappa shape index (κ2) is 8.24. The molecule has 14 heteroatoms. The minimum atomic E-state index is -4.78. The molecule has 1 aliphatic rings. The number of alkyl halides is 6. The van der Waals surface area contributed by atoms with Gasteiger partial charge in [0.05, 0.1) is 20.9 Å². The van der Waals surface area contributed by atoms with Gasteiger partial charge >= 0.3 is 12.4 Å². The van der Waals surface area contributed by atoms with E-state index >= 15 is 0 Å². The molecule has 0 N–H and O–H groups in total. The van der Waals surface area contributed by atoms with Crippen molar-refractivity contribution in [2.75, 3.05) is 31.1 Å². The Balaban J connectivity index is 1.82. The average molecular weight is 483 g/mol. The van der Waals surface area contributed by atoms with Gasteiger partial charge in [-0.05, 0) is 30.3 Å². The number of rotatable bonds is 4. The molecule has 2 aromatic rings. The molecule has 1 fully saturated rings. The molecule has 0 saturated carbocycles. The summed E-state index contributed by atoms with van der Waals surface area (Å²) in [6, 6.07) is 5.28. The first-order valence-electron chi connectivity index (χ1n) is 8.99. The van der Waals surface area contributed by atoms with Crippen LogP contribution in [0.5, 0.6) is 0 Å². The topological polar surface area (TPSA) is 83.8 Å². The van der Waals surface area contributed by atoms with Gasteiger partial charge in [0, 0.05) is 32.2 Å². The van der Waals surface area contributed by atoms with Crippen molar-refractivity contribution >= 4 is 21.4 Å². The van der Waals surface area contributed by atoms with Crippen LogP contribution in [-0.4, -0.2) is 43.8 Å². The molecule has 2 aromatic carbocycles. The second-order valence-corrected chi connectivity index (χ2v) is 8.81. The van der Waals surface area contributed by atoms with Gasteiger partial charge in [0.2, 0.25) is 10.0 Å². The number of sulfonamides is 1. The average Bonchev–Trinajstić information content (AvgIpc) is 2.72. The number of piperazine rings is 1. The van der Waals surface area contributed by atoms with Gasteiger partial charge in [-0.1, -0.05) is 6.07 Å². The Hall–Kier alpha value is -2.87. The van der Waals surface area contributed by atoms with Gasteiger partial charge in [-0.2, -0.15) is 30.6 Å². The molecular weight excluding hydrogens is 468 g/mol. The normalized spacial score (nSPS) is 16.2. The summed E-state index contributed by atoms with van der Waals surface area (Å²) in [5.74, 6) is 0. The van der Waals surface area contributed by atoms with Gasteiger partial charge in [0.15, 0.2) is 0 Å². The predicted octanol–water partition coefficient (Wildman–Crippen LogP) is 4.14. The summed E-state index contributed by atoms with van der Waals surface area (Å²) < 4.78 is 104. The molecule has 7 nitrogen and oxygen atoms in total. The third-order valence-electron chi connectivity index (χ3n) is 4.88. The fourth-order valence-corrected chi connectivity index (χ4v) is 4.73. The summed E-state index contributed by atoms with van der Waals surface area (Å²) >= 11 is 0. The van der Waals surface area contributed by atoms with Gasteiger partial charge in [0.1, 0.15) is 5.69 Å². The molecule has 0 bridgehead atoms. The lowest BCUT2D eigenvalue weighted by Crippen LogP contribution is -2.48. The molecule has 174 valence electrons. The van der Waals surface area contributed by atoms with Crippen LogP contribution in [0, 0.1) is 10.1 Å². The summed E-state index contributed by atoms with van der Waals surface area (Å²) in [7, 11) is -4.28. The lowest BCUT2D eigenvalue weighted by atomic mass is 10.1. The van der Waals surface area contributed by atoms with Crippen molar-refractivity contribution in [3.63, 3.8) is 0 Å². The van der Waals surface area contributed by atoms with Crippen molar-refractivity contribution in [2.24, 2.45) is 0 Å². The zero-order chi connectivity index (χ0) is 23.9. The van der Waals surface area contributed by atoms with E-state index in [4.69, 9.17) is 0 Å². The smallest absolute Gasteiger partial charge is 0.363 e. The van der Waals surface area contributed by atoms with E-state index in [2.05, 4.69) is 0 Å². The molecule has 0 atom stereocenters. The van der Waals surface area contributed by atoms with E-state index in [1.807, 2.05) is 0 Å². The number of nitro benzene ring substituents is 1. The SMILES string of the molecule is O=[N+]([O-])c1cc(C(F)(F)F)ccc1N1CCN(S(=O)(=O)c2cccc(C(F)(F)F)c2)CC1. The minimum Gasteiger partial charge on any atom is -0.363 e. The van der Waals surface area contributed by atoms with Crippen LogP contribution in [0.1, 0.15) is 11.1 Å². The monoisotopic (exact) mass is 483 g/mol. The van der Waals surface area contributed by atoms with E-state index in [0.717, 1.165) is 28.6 Å². The first-order valence-corrected chi connectivity index (χ1v) is 10.4. The lowest BCUT2D eigenvalue weighted by Gasteiger charge is -2.35. The number of halogens is 6. The molecule has 3 rings (SSSR count). The Kier molecular flexibility index (Phi) is 6.12. The van der Waals surface area contributed by atoms with Crippen LogP contribution < -0.4 is 4.90 Å². The Morgan fingerprint density at radius 3 is 1.94 bits per heavy atom. The van der Waals surface area contributed by atoms with E-state index in [9.17, 15) is 44.9 Å². The summed E-state index contributed by atoms with van der Waals surface area (Å²) in [6.07, 6.45) is -9.51. The highest BCUT2D eigenvalue weighted by atomic mass is 32.2. The number of nitro groups is 1. The van der Waals surface area contributed by atoms with Crippen LogP contribution in [0.4, 0.5) is 37.7 Å². The molecule has 0 spiro atoms. The molecule has 1 saturated heterocycles. The highest BCUT2D eigenvalue weighted by Gasteiger charge is 2.36. The number of hydrogen-bond donors (Lipinski definition) is 0. The maximum Gasteiger partial charge on any atom is 0.416 e. The maximum atomic E-state index is 12.9. The molecule has 0 radical (unpaired) electrons. The molecule has 32 heavy (non-hydrogen) atoms. The molecule has 0 aromatic heterocycles. The van der Waals surface area contributed by atoms with Gasteiger partial charge in [-0.25, -0.2) is 8.42 Å². The van der Waals surface area contributed by atoms with Crippen LogP contribution in [-0.2, 0) is 22.4 Å². The van der Waals surface area contributed by atoms with E-state index in [1.54, 1.807) is 0 Å². The predicted molar refractivity (Wildman–Crippen MR) is 101 cm³/mol. The van der Waals surface area contributed by atoms with E-state index in [1.165, 1.54) is 4.90 Å². The molecule has 1 heterocycles. The Morgan fingerprint density at radius 2 is 1.41 bits per heavy atom. The summed E-state index contributed by atoms with van der Waals surface area (Å²) in [6.45, 7) is -0.664. The van der Waals surface area contributed by atoms with E-state index in [0.29, 0.717) is 18.2 Å². The Morgan fingerprint density at radius 1 is 0.844 bits per heavy atom. The highest BCUT2D eigenvalue weighted by molar-refractivity contribution is 7.89. The fourth-order valence-electron chi connectivity index (χ4n) is 3.26. The van der Waals surface area contributed by atoms with Crippen molar-refractivity contribution in [3.05, 3.63) is 63.7 Å². The maximum absolute atomic E-state index is 12.9. The first kappa shape index (κ1) is 23.8. The number of anilines is 1. The van der Waals surface area contributed by atoms with Crippen LogP contribution in [0.25, 0.3) is 0 Å². The molecular formula is C18H15F6N3O4S. The van der Waals surface area contributed by atoms with Crippen LogP contribution in [0.3, 0.4) is 0 Å². The van der Waals surface area contributed by atoms with E-state index in [-0.39, 0.29) is 31.9 Å². The standard InChI is InChI=1S/C18H15F6N3O4S/c19-17(20,21)12-2-1-3-14(10-12)32(30,31)26-8-6-25(7-9-26)15-5-4-13(18(22,23)24)11-16(15)27(28)29/h1-5,10-11H,6-9H2. The first-order chi connectivity index (χ1) is 14.7. The molecule has 0 amide bonds. The quantitative estimate of drug-likeness (QED) is 0.371.